The lowest BCUT2D eigenvalue weighted by molar-refractivity contribution is -0.118. The third-order valence-electron chi connectivity index (χ3n) is 4.25. The number of anilines is 2. The van der Waals surface area contributed by atoms with E-state index in [4.69, 9.17) is 9.47 Å². The second kappa shape index (κ2) is 11.6. The molecule has 1 atom stereocenters. The standard InChI is InChI=1S/C21H26FN3O6S/c1-14(2)19(25-32(28,29)18-10-5-4-9-17(18)22)20(26)23-15-7-6-8-16(13-15)24-21(27)31-12-11-30-3/h4-10,13-14,19,25H,11-12H2,1-3H3,(H,23,26)(H,24,27)/t19-/m0/s1. The molecule has 0 spiro atoms. The van der Waals surface area contributed by atoms with E-state index >= 15 is 0 Å². The molecule has 9 nitrogen and oxygen atoms in total. The molecule has 2 rings (SSSR count). The van der Waals surface area contributed by atoms with E-state index in [0.717, 1.165) is 12.1 Å². The lowest BCUT2D eigenvalue weighted by Crippen LogP contribution is -2.47. The van der Waals surface area contributed by atoms with Gasteiger partial charge in [0.25, 0.3) is 0 Å². The van der Waals surface area contributed by atoms with Crippen molar-refractivity contribution in [3.8, 4) is 0 Å². The van der Waals surface area contributed by atoms with Crippen molar-refractivity contribution in [1.82, 2.24) is 4.72 Å². The molecule has 2 aromatic rings. The van der Waals surface area contributed by atoms with Crippen LogP contribution in [0.15, 0.2) is 53.4 Å². The fourth-order valence-corrected chi connectivity index (χ4v) is 4.07. The molecule has 0 aliphatic heterocycles. The van der Waals surface area contributed by atoms with Gasteiger partial charge in [0.1, 0.15) is 23.4 Å². The van der Waals surface area contributed by atoms with Crippen LogP contribution in [-0.2, 0) is 24.3 Å². The van der Waals surface area contributed by atoms with Crippen molar-refractivity contribution in [3.63, 3.8) is 0 Å². The van der Waals surface area contributed by atoms with Crippen LogP contribution in [0.2, 0.25) is 0 Å². The Morgan fingerprint density at radius 3 is 2.28 bits per heavy atom. The van der Waals surface area contributed by atoms with E-state index in [1.54, 1.807) is 32.0 Å². The summed E-state index contributed by atoms with van der Waals surface area (Å²) in [4.78, 5) is 24.0. The number of amides is 2. The van der Waals surface area contributed by atoms with Crippen LogP contribution in [0, 0.1) is 11.7 Å². The van der Waals surface area contributed by atoms with Crippen LogP contribution < -0.4 is 15.4 Å². The number of hydrogen-bond donors (Lipinski definition) is 3. The molecule has 0 unspecified atom stereocenters. The number of carbonyl (C=O) groups is 2. The van der Waals surface area contributed by atoms with Crippen LogP contribution in [0.25, 0.3) is 0 Å². The van der Waals surface area contributed by atoms with Gasteiger partial charge >= 0.3 is 6.09 Å². The maximum atomic E-state index is 14.0. The third-order valence-corrected chi connectivity index (χ3v) is 5.73. The van der Waals surface area contributed by atoms with Gasteiger partial charge in [-0.3, -0.25) is 10.1 Å². The number of nitrogens with one attached hydrogen (secondary N) is 3. The zero-order chi connectivity index (χ0) is 23.7. The highest BCUT2D eigenvalue weighted by Gasteiger charge is 2.30. The first-order chi connectivity index (χ1) is 15.1. The van der Waals surface area contributed by atoms with Crippen molar-refractivity contribution in [3.05, 3.63) is 54.3 Å². The van der Waals surface area contributed by atoms with E-state index in [1.165, 1.54) is 25.3 Å². The highest BCUT2D eigenvalue weighted by atomic mass is 32.2. The minimum atomic E-state index is -4.28. The van der Waals surface area contributed by atoms with Gasteiger partial charge < -0.3 is 14.8 Å². The van der Waals surface area contributed by atoms with Gasteiger partial charge in [-0.05, 0) is 36.2 Å². The minimum absolute atomic E-state index is 0.0803. The molecule has 0 aliphatic rings. The van der Waals surface area contributed by atoms with E-state index in [2.05, 4.69) is 15.4 Å². The average Bonchev–Trinajstić information content (AvgIpc) is 2.72. The minimum Gasteiger partial charge on any atom is -0.447 e. The first-order valence-electron chi connectivity index (χ1n) is 9.74. The van der Waals surface area contributed by atoms with E-state index in [-0.39, 0.29) is 13.2 Å². The summed E-state index contributed by atoms with van der Waals surface area (Å²) in [5, 5.41) is 5.12. The molecule has 0 radical (unpaired) electrons. The van der Waals surface area contributed by atoms with Crippen LogP contribution in [0.4, 0.5) is 20.6 Å². The first-order valence-corrected chi connectivity index (χ1v) is 11.2. The molecule has 0 aliphatic carbocycles. The summed E-state index contributed by atoms with van der Waals surface area (Å²) in [5.74, 6) is -1.99. The fraction of sp³-hybridized carbons (Fsp3) is 0.333. The van der Waals surface area contributed by atoms with Crippen LogP contribution in [0.5, 0.6) is 0 Å². The summed E-state index contributed by atoms with van der Waals surface area (Å²) in [6.07, 6.45) is -0.691. The smallest absolute Gasteiger partial charge is 0.411 e. The Labute approximate surface area is 186 Å². The summed E-state index contributed by atoms with van der Waals surface area (Å²) in [6, 6.07) is 9.97. The number of hydrogen-bond acceptors (Lipinski definition) is 6. The summed E-state index contributed by atoms with van der Waals surface area (Å²) in [7, 11) is -2.80. The van der Waals surface area contributed by atoms with E-state index < -0.39 is 44.7 Å². The zero-order valence-electron chi connectivity index (χ0n) is 17.9. The van der Waals surface area contributed by atoms with Gasteiger partial charge in [0.05, 0.1) is 6.61 Å². The highest BCUT2D eigenvalue weighted by molar-refractivity contribution is 7.89. The quantitative estimate of drug-likeness (QED) is 0.462. The summed E-state index contributed by atoms with van der Waals surface area (Å²) in [5.41, 5.74) is 0.679. The van der Waals surface area contributed by atoms with Gasteiger partial charge in [0.15, 0.2) is 0 Å². The molecule has 0 fully saturated rings. The molecule has 11 heteroatoms. The van der Waals surface area contributed by atoms with Crippen molar-refractivity contribution in [2.45, 2.75) is 24.8 Å². The van der Waals surface area contributed by atoms with Crippen LogP contribution in [0.1, 0.15) is 13.8 Å². The van der Waals surface area contributed by atoms with Gasteiger partial charge in [-0.2, -0.15) is 4.72 Å². The summed E-state index contributed by atoms with van der Waals surface area (Å²) >= 11 is 0. The number of rotatable bonds is 10. The number of ether oxygens (including phenoxy) is 2. The van der Waals surface area contributed by atoms with Crippen molar-refractivity contribution in [1.29, 1.82) is 0 Å². The molecule has 0 aromatic heterocycles. The Morgan fingerprint density at radius 1 is 1.00 bits per heavy atom. The third kappa shape index (κ3) is 7.29. The Morgan fingerprint density at radius 2 is 1.66 bits per heavy atom. The average molecular weight is 468 g/mol. The lowest BCUT2D eigenvalue weighted by atomic mass is 10.0. The second-order valence-corrected chi connectivity index (χ2v) is 8.78. The maximum Gasteiger partial charge on any atom is 0.411 e. The van der Waals surface area contributed by atoms with Gasteiger partial charge in [0, 0.05) is 18.5 Å². The van der Waals surface area contributed by atoms with Gasteiger partial charge in [-0.1, -0.05) is 32.0 Å². The number of methoxy groups -OCH3 is 1. The number of halogens is 1. The predicted molar refractivity (Wildman–Crippen MR) is 117 cm³/mol. The van der Waals surface area contributed by atoms with Crippen LogP contribution >= 0.6 is 0 Å². The maximum absolute atomic E-state index is 14.0. The molecule has 0 saturated heterocycles. The van der Waals surface area contributed by atoms with Gasteiger partial charge in [-0.25, -0.2) is 17.6 Å². The molecule has 0 heterocycles. The Hall–Kier alpha value is -3.02. The number of sulfonamides is 1. The molecule has 3 N–H and O–H groups in total. The Balaban J connectivity index is 2.10. The SMILES string of the molecule is COCCOC(=O)Nc1cccc(NC(=O)[C@@H](NS(=O)(=O)c2ccccc2F)C(C)C)c1. The van der Waals surface area contributed by atoms with Crippen LogP contribution in [0.3, 0.4) is 0 Å². The topological polar surface area (TPSA) is 123 Å². The second-order valence-electron chi connectivity index (χ2n) is 7.10. The van der Waals surface area contributed by atoms with Gasteiger partial charge in [0.2, 0.25) is 15.9 Å². The normalized spacial score (nSPS) is 12.3. The molecule has 0 saturated carbocycles. The molecule has 32 heavy (non-hydrogen) atoms. The Bertz CT molecular complexity index is 1050. The van der Waals surface area contributed by atoms with Crippen molar-refractivity contribution < 1.29 is 31.9 Å². The molecule has 0 bridgehead atoms. The largest absolute Gasteiger partial charge is 0.447 e. The van der Waals surface area contributed by atoms with Crippen molar-refractivity contribution >= 4 is 33.4 Å². The van der Waals surface area contributed by atoms with Crippen LogP contribution in [-0.4, -0.2) is 46.8 Å². The van der Waals surface area contributed by atoms with E-state index in [1.807, 2.05) is 0 Å². The molecular formula is C21H26FN3O6S. The monoisotopic (exact) mass is 467 g/mol. The van der Waals surface area contributed by atoms with Crippen molar-refractivity contribution in [2.24, 2.45) is 5.92 Å². The summed E-state index contributed by atoms with van der Waals surface area (Å²) < 4.78 is 51.1. The van der Waals surface area contributed by atoms with E-state index in [0.29, 0.717) is 11.4 Å². The zero-order valence-corrected chi connectivity index (χ0v) is 18.7. The molecular weight excluding hydrogens is 441 g/mol. The Kier molecular flexibility index (Phi) is 9.12. The predicted octanol–water partition coefficient (Wildman–Crippen LogP) is 2.96. The number of benzene rings is 2. The van der Waals surface area contributed by atoms with Gasteiger partial charge in [-0.15, -0.1) is 0 Å². The highest BCUT2D eigenvalue weighted by Crippen LogP contribution is 2.19. The van der Waals surface area contributed by atoms with Crippen molar-refractivity contribution in [2.75, 3.05) is 31.0 Å². The lowest BCUT2D eigenvalue weighted by Gasteiger charge is -2.22. The summed E-state index contributed by atoms with van der Waals surface area (Å²) in [6.45, 7) is 3.64. The van der Waals surface area contributed by atoms with E-state index in [9.17, 15) is 22.4 Å². The number of carbonyl (C=O) groups excluding carboxylic acids is 2. The first kappa shape index (κ1) is 25.2. The fourth-order valence-electron chi connectivity index (χ4n) is 2.65. The molecule has 2 amide bonds. The molecule has 2 aromatic carbocycles. The molecule has 174 valence electrons.